The van der Waals surface area contributed by atoms with Crippen LogP contribution in [-0.2, 0) is 4.79 Å². The number of rotatable bonds is 3. The van der Waals surface area contributed by atoms with Crippen LogP contribution >= 0.6 is 0 Å². The monoisotopic (exact) mass is 458 g/mol. The van der Waals surface area contributed by atoms with Crippen LogP contribution in [0, 0.1) is 0 Å². The van der Waals surface area contributed by atoms with Gasteiger partial charge in [-0.3, -0.25) is 9.59 Å². The van der Waals surface area contributed by atoms with E-state index >= 15 is 0 Å². The number of amides is 1. The SMILES string of the molecule is CC(=O)O.[2H]c1cc2cc3nc(cc4nc(cc5[nH]c(cc5C(=O)NCCO)cc1[nH]2)C=C4)C=C3. The number of hydrogen-bond acceptors (Lipinski definition) is 5. The summed E-state index contributed by atoms with van der Waals surface area (Å²) in [6, 6.07) is 11.1. The second-order valence-corrected chi connectivity index (χ2v) is 7.50. The van der Waals surface area contributed by atoms with Crippen molar-refractivity contribution in [3.8, 4) is 0 Å². The number of carbonyl (C=O) groups excluding carboxylic acids is 1. The molecule has 5 N–H and O–H groups in total. The molecule has 8 bridgehead atoms. The largest absolute Gasteiger partial charge is 0.481 e. The molecular formula is C25H23N5O4. The first kappa shape index (κ1) is 21.4. The molecule has 0 radical (unpaired) electrons. The number of carbonyl (C=O) groups is 2. The summed E-state index contributed by atoms with van der Waals surface area (Å²) in [7, 11) is 0. The van der Waals surface area contributed by atoms with Gasteiger partial charge in [0.15, 0.2) is 0 Å². The van der Waals surface area contributed by atoms with Gasteiger partial charge in [0, 0.05) is 30.0 Å². The number of aliphatic hydroxyl groups is 1. The summed E-state index contributed by atoms with van der Waals surface area (Å²) in [5.41, 5.74) is 6.12. The molecular weight excluding hydrogens is 434 g/mol. The average molecular weight is 458 g/mol. The van der Waals surface area contributed by atoms with Crippen LogP contribution in [0.15, 0.2) is 42.4 Å². The predicted octanol–water partition coefficient (Wildman–Crippen LogP) is 3.47. The zero-order chi connectivity index (χ0) is 24.9. The zero-order valence-corrected chi connectivity index (χ0v) is 18.3. The molecule has 0 saturated heterocycles. The van der Waals surface area contributed by atoms with E-state index < -0.39 is 5.97 Å². The number of carboxylic acids is 1. The molecule has 2 aliphatic rings. The smallest absolute Gasteiger partial charge is 0.300 e. The Bertz CT molecular complexity index is 1510. The number of hydrogen-bond donors (Lipinski definition) is 5. The van der Waals surface area contributed by atoms with Gasteiger partial charge in [0.1, 0.15) is 0 Å². The topological polar surface area (TPSA) is 144 Å². The van der Waals surface area contributed by atoms with E-state index in [0.717, 1.165) is 29.5 Å². The van der Waals surface area contributed by atoms with Crippen molar-refractivity contribution in [1.82, 2.24) is 25.3 Å². The lowest BCUT2D eigenvalue weighted by atomic mass is 10.2. The predicted molar refractivity (Wildman–Crippen MR) is 132 cm³/mol. The van der Waals surface area contributed by atoms with Gasteiger partial charge in [-0.2, -0.15) is 0 Å². The van der Waals surface area contributed by atoms with Crippen LogP contribution in [0.25, 0.3) is 46.4 Å². The molecule has 1 amide bonds. The molecule has 9 heteroatoms. The van der Waals surface area contributed by atoms with Gasteiger partial charge in [0.2, 0.25) is 0 Å². The summed E-state index contributed by atoms with van der Waals surface area (Å²) in [6.07, 6.45) is 7.60. The molecule has 0 aliphatic carbocycles. The third-order valence-corrected chi connectivity index (χ3v) is 4.73. The van der Waals surface area contributed by atoms with E-state index in [1.54, 1.807) is 24.3 Å². The number of aromatic amines is 2. The third kappa shape index (κ3) is 5.64. The second kappa shape index (κ2) is 9.97. The highest BCUT2D eigenvalue weighted by molar-refractivity contribution is 6.03. The Morgan fingerprint density at radius 1 is 0.912 bits per heavy atom. The molecule has 0 unspecified atom stereocenters. The number of aromatic nitrogens is 4. The summed E-state index contributed by atoms with van der Waals surface area (Å²) in [4.78, 5) is 37.3. The number of fused-ring (bicyclic) bond motifs is 8. The fraction of sp³-hybridized carbons (Fsp3) is 0.120. The van der Waals surface area contributed by atoms with Crippen LogP contribution in [0.1, 0.15) is 41.4 Å². The highest BCUT2D eigenvalue weighted by Crippen LogP contribution is 2.19. The number of nitrogens with one attached hydrogen (secondary N) is 3. The first-order valence-corrected chi connectivity index (χ1v) is 10.5. The van der Waals surface area contributed by atoms with Crippen molar-refractivity contribution in [3.05, 3.63) is 70.8 Å². The van der Waals surface area contributed by atoms with E-state index in [1.165, 1.54) is 0 Å². The van der Waals surface area contributed by atoms with E-state index in [-0.39, 0.29) is 19.1 Å². The van der Waals surface area contributed by atoms with E-state index in [1.807, 2.05) is 36.4 Å². The van der Waals surface area contributed by atoms with Gasteiger partial charge < -0.3 is 25.5 Å². The lowest BCUT2D eigenvalue weighted by molar-refractivity contribution is -0.134. The highest BCUT2D eigenvalue weighted by Gasteiger charge is 2.11. The molecule has 3 aromatic heterocycles. The molecule has 2 aliphatic heterocycles. The van der Waals surface area contributed by atoms with Gasteiger partial charge in [-0.1, -0.05) is 0 Å². The standard InChI is InChI=1S/C23H19N5O2.C2H4O2/c29-8-7-24-23(30)21-12-20-11-18-4-3-16(26-18)9-14-1-2-15(25-14)10-17-5-6-19(27-17)13-22(21)28-20;1-2(3)4/h1-6,9-13,26,28-29H,7-8H2,(H,24,30);1H3,(H,3,4)/i4D;. The molecule has 3 aromatic rings. The van der Waals surface area contributed by atoms with E-state index in [0.29, 0.717) is 33.8 Å². The van der Waals surface area contributed by atoms with Crippen LogP contribution in [-0.4, -0.2) is 55.2 Å². The van der Waals surface area contributed by atoms with Crippen molar-refractivity contribution >= 4 is 58.2 Å². The third-order valence-electron chi connectivity index (χ3n) is 4.73. The molecule has 0 fully saturated rings. The Morgan fingerprint density at radius 2 is 1.53 bits per heavy atom. The summed E-state index contributed by atoms with van der Waals surface area (Å²) < 4.78 is 8.27. The summed E-state index contributed by atoms with van der Waals surface area (Å²) >= 11 is 0. The van der Waals surface area contributed by atoms with Crippen LogP contribution in [0.2, 0.25) is 0 Å². The Kier molecular flexibility index (Phi) is 6.26. The second-order valence-electron chi connectivity index (χ2n) is 7.50. The van der Waals surface area contributed by atoms with Gasteiger partial charge in [0.25, 0.3) is 11.9 Å². The van der Waals surface area contributed by atoms with Crippen molar-refractivity contribution < 1.29 is 21.2 Å². The maximum absolute atomic E-state index is 12.6. The Morgan fingerprint density at radius 3 is 2.18 bits per heavy atom. The molecule has 9 nitrogen and oxygen atoms in total. The first-order valence-electron chi connectivity index (χ1n) is 11.0. The van der Waals surface area contributed by atoms with E-state index in [2.05, 4.69) is 25.3 Å². The average Bonchev–Trinajstić information content (AvgIpc) is 3.57. The highest BCUT2D eigenvalue weighted by atomic mass is 16.4. The van der Waals surface area contributed by atoms with Crippen LogP contribution in [0.4, 0.5) is 0 Å². The molecule has 5 heterocycles. The van der Waals surface area contributed by atoms with Gasteiger partial charge >= 0.3 is 0 Å². The van der Waals surface area contributed by atoms with Crippen molar-refractivity contribution in [1.29, 1.82) is 0 Å². The molecule has 172 valence electrons. The number of aliphatic hydroxyl groups excluding tert-OH is 1. The maximum atomic E-state index is 12.6. The maximum Gasteiger partial charge on any atom is 0.300 e. The van der Waals surface area contributed by atoms with Crippen molar-refractivity contribution in [2.45, 2.75) is 6.92 Å². The number of nitrogens with zero attached hydrogens (tertiary/aromatic N) is 2. The zero-order valence-electron chi connectivity index (χ0n) is 19.3. The summed E-state index contributed by atoms with van der Waals surface area (Å²) in [6.45, 7) is 1.11. The van der Waals surface area contributed by atoms with Gasteiger partial charge in [-0.25, -0.2) is 9.97 Å². The Hall–Kier alpha value is -4.50. The molecule has 5 rings (SSSR count). The van der Waals surface area contributed by atoms with E-state index in [9.17, 15) is 4.79 Å². The number of carboxylic acid groups (broad SMARTS) is 1. The minimum Gasteiger partial charge on any atom is -0.481 e. The normalized spacial score (nSPS) is 12.0. The van der Waals surface area contributed by atoms with Crippen LogP contribution < -0.4 is 5.32 Å². The Labute approximate surface area is 196 Å². The molecule has 0 saturated carbocycles. The van der Waals surface area contributed by atoms with Crippen LogP contribution in [0.3, 0.4) is 0 Å². The minimum atomic E-state index is -0.833. The molecule has 0 atom stereocenters. The number of H-pyrrole nitrogens is 2. The summed E-state index contributed by atoms with van der Waals surface area (Å²) in [5, 5.41) is 19.1. The van der Waals surface area contributed by atoms with Crippen molar-refractivity contribution in [3.63, 3.8) is 0 Å². The summed E-state index contributed by atoms with van der Waals surface area (Å²) in [5.74, 6) is -1.13. The lowest BCUT2D eigenvalue weighted by Gasteiger charge is -2.00. The van der Waals surface area contributed by atoms with Crippen molar-refractivity contribution in [2.75, 3.05) is 13.2 Å². The molecule has 0 aromatic carbocycles. The first-order chi connectivity index (χ1) is 16.8. The van der Waals surface area contributed by atoms with Crippen molar-refractivity contribution in [2.24, 2.45) is 0 Å². The van der Waals surface area contributed by atoms with Gasteiger partial charge in [0.05, 0.1) is 41.8 Å². The fourth-order valence-corrected chi connectivity index (χ4v) is 3.40. The van der Waals surface area contributed by atoms with E-state index in [4.69, 9.17) is 16.4 Å². The number of aliphatic carboxylic acids is 1. The quantitative estimate of drug-likeness (QED) is 0.280. The van der Waals surface area contributed by atoms with Crippen LogP contribution in [0.5, 0.6) is 0 Å². The van der Waals surface area contributed by atoms with Gasteiger partial charge in [-0.15, -0.1) is 0 Å². The fourth-order valence-electron chi connectivity index (χ4n) is 3.40. The van der Waals surface area contributed by atoms with Gasteiger partial charge in [-0.05, 0) is 66.7 Å². The Balaban J connectivity index is 0.000000672. The molecule has 0 spiro atoms. The minimum absolute atomic E-state index is 0.140. The lowest BCUT2D eigenvalue weighted by Crippen LogP contribution is -2.26. The molecule has 34 heavy (non-hydrogen) atoms.